The van der Waals surface area contributed by atoms with Crippen molar-refractivity contribution >= 4 is 11.7 Å². The van der Waals surface area contributed by atoms with Crippen LogP contribution in [0.3, 0.4) is 0 Å². The van der Waals surface area contributed by atoms with Gasteiger partial charge >= 0.3 is 0 Å². The summed E-state index contributed by atoms with van der Waals surface area (Å²) in [4.78, 5) is 13.7. The van der Waals surface area contributed by atoms with Gasteiger partial charge < -0.3 is 15.8 Å². The van der Waals surface area contributed by atoms with Crippen LogP contribution in [0.15, 0.2) is 29.4 Å². The van der Waals surface area contributed by atoms with Crippen molar-refractivity contribution in [3.8, 4) is 0 Å². The van der Waals surface area contributed by atoms with E-state index in [2.05, 4.69) is 5.16 Å². The minimum absolute atomic E-state index is 0.0945. The molecule has 0 aliphatic carbocycles. The molecule has 0 aromatic heterocycles. The van der Waals surface area contributed by atoms with Gasteiger partial charge in [0.2, 0.25) is 5.91 Å². The first-order valence-electron chi connectivity index (χ1n) is 6.46. The van der Waals surface area contributed by atoms with Crippen molar-refractivity contribution in [1.82, 2.24) is 4.90 Å². The van der Waals surface area contributed by atoms with Crippen LogP contribution in [0, 0.1) is 11.7 Å². The standard InChI is InChI=1S/C14H20FN3O2/c1-3-5-12(13(16)17-20)14(19)18(2)9-10-6-4-7-11(15)8-10/h4,6-8,12,20H,3,5,9H2,1-2H3,(H2,16,17). The monoisotopic (exact) mass is 281 g/mol. The Morgan fingerprint density at radius 3 is 2.80 bits per heavy atom. The average Bonchev–Trinajstić information content (AvgIpc) is 2.43. The number of carbonyl (C=O) groups is 1. The molecule has 1 rings (SSSR count). The molecule has 0 aliphatic heterocycles. The van der Waals surface area contributed by atoms with E-state index in [9.17, 15) is 9.18 Å². The van der Waals surface area contributed by atoms with E-state index in [4.69, 9.17) is 10.9 Å². The second-order valence-electron chi connectivity index (χ2n) is 4.69. The van der Waals surface area contributed by atoms with E-state index < -0.39 is 5.92 Å². The van der Waals surface area contributed by atoms with Gasteiger partial charge in [-0.2, -0.15) is 0 Å². The smallest absolute Gasteiger partial charge is 0.233 e. The molecule has 0 radical (unpaired) electrons. The number of oxime groups is 1. The third kappa shape index (κ3) is 4.22. The molecular formula is C14H20FN3O2. The minimum atomic E-state index is -0.649. The zero-order chi connectivity index (χ0) is 15.1. The molecule has 0 saturated heterocycles. The summed E-state index contributed by atoms with van der Waals surface area (Å²) in [6.45, 7) is 2.19. The van der Waals surface area contributed by atoms with E-state index in [1.165, 1.54) is 17.0 Å². The Morgan fingerprint density at radius 1 is 1.55 bits per heavy atom. The van der Waals surface area contributed by atoms with Crippen molar-refractivity contribution in [3.63, 3.8) is 0 Å². The molecule has 3 N–H and O–H groups in total. The third-order valence-electron chi connectivity index (χ3n) is 3.03. The number of hydrogen-bond donors (Lipinski definition) is 2. The second-order valence-corrected chi connectivity index (χ2v) is 4.69. The molecule has 1 atom stereocenters. The van der Waals surface area contributed by atoms with Crippen LogP contribution in [0.1, 0.15) is 25.3 Å². The Labute approximate surface area is 117 Å². The Hall–Kier alpha value is -2.11. The zero-order valence-corrected chi connectivity index (χ0v) is 11.7. The number of amides is 1. The number of rotatable bonds is 6. The largest absolute Gasteiger partial charge is 0.409 e. The normalized spacial score (nSPS) is 13.1. The molecule has 0 saturated carbocycles. The number of nitrogens with zero attached hydrogens (tertiary/aromatic N) is 2. The van der Waals surface area contributed by atoms with Crippen LogP contribution in [0.25, 0.3) is 0 Å². The van der Waals surface area contributed by atoms with Gasteiger partial charge in [-0.15, -0.1) is 0 Å². The van der Waals surface area contributed by atoms with Crippen molar-refractivity contribution in [1.29, 1.82) is 0 Å². The lowest BCUT2D eigenvalue weighted by Gasteiger charge is -2.23. The molecule has 0 heterocycles. The third-order valence-corrected chi connectivity index (χ3v) is 3.03. The van der Waals surface area contributed by atoms with Crippen molar-refractivity contribution in [2.24, 2.45) is 16.8 Å². The maximum Gasteiger partial charge on any atom is 0.233 e. The van der Waals surface area contributed by atoms with Crippen molar-refractivity contribution in [3.05, 3.63) is 35.6 Å². The molecule has 110 valence electrons. The first kappa shape index (κ1) is 15.9. The highest BCUT2D eigenvalue weighted by atomic mass is 19.1. The Bertz CT molecular complexity index is 491. The Balaban J connectivity index is 2.79. The van der Waals surface area contributed by atoms with Crippen LogP contribution in [0.5, 0.6) is 0 Å². The van der Waals surface area contributed by atoms with E-state index in [-0.39, 0.29) is 24.1 Å². The topological polar surface area (TPSA) is 78.9 Å². The summed E-state index contributed by atoms with van der Waals surface area (Å²) >= 11 is 0. The molecule has 1 aromatic carbocycles. The van der Waals surface area contributed by atoms with Gasteiger partial charge in [-0.1, -0.05) is 30.6 Å². The lowest BCUT2D eigenvalue weighted by atomic mass is 10.0. The molecule has 20 heavy (non-hydrogen) atoms. The van der Waals surface area contributed by atoms with Gasteiger partial charge in [0.15, 0.2) is 5.84 Å². The lowest BCUT2D eigenvalue weighted by molar-refractivity contribution is -0.132. The first-order valence-corrected chi connectivity index (χ1v) is 6.46. The maximum absolute atomic E-state index is 13.1. The van der Waals surface area contributed by atoms with Crippen LogP contribution in [0.2, 0.25) is 0 Å². The number of carbonyl (C=O) groups excluding carboxylic acids is 1. The summed E-state index contributed by atoms with van der Waals surface area (Å²) in [5.41, 5.74) is 6.24. The van der Waals surface area contributed by atoms with E-state index in [0.29, 0.717) is 12.0 Å². The van der Waals surface area contributed by atoms with E-state index in [1.54, 1.807) is 19.2 Å². The molecule has 0 fully saturated rings. The van der Waals surface area contributed by atoms with Gasteiger partial charge in [0.1, 0.15) is 5.82 Å². The molecular weight excluding hydrogens is 261 g/mol. The van der Waals surface area contributed by atoms with Crippen molar-refractivity contribution in [2.45, 2.75) is 26.3 Å². The highest BCUT2D eigenvalue weighted by molar-refractivity contribution is 6.01. The van der Waals surface area contributed by atoms with Gasteiger partial charge in [-0.3, -0.25) is 4.79 Å². The predicted octanol–water partition coefficient (Wildman–Crippen LogP) is 1.95. The Kier molecular flexibility index (Phi) is 5.96. The maximum atomic E-state index is 13.1. The summed E-state index contributed by atoms with van der Waals surface area (Å²) in [5.74, 6) is -1.33. The SMILES string of the molecule is CCCC(C(=O)N(C)Cc1cccc(F)c1)C(N)=NO. The molecule has 6 heteroatoms. The van der Waals surface area contributed by atoms with Crippen LogP contribution in [-0.2, 0) is 11.3 Å². The first-order chi connectivity index (χ1) is 9.49. The summed E-state index contributed by atoms with van der Waals surface area (Å²) in [6.07, 6.45) is 1.24. The highest BCUT2D eigenvalue weighted by Gasteiger charge is 2.25. The lowest BCUT2D eigenvalue weighted by Crippen LogP contribution is -2.39. The molecule has 5 nitrogen and oxygen atoms in total. The van der Waals surface area contributed by atoms with Crippen molar-refractivity contribution in [2.75, 3.05) is 7.05 Å². The van der Waals surface area contributed by atoms with E-state index in [1.807, 2.05) is 6.92 Å². The van der Waals surface area contributed by atoms with Crippen LogP contribution in [0.4, 0.5) is 4.39 Å². The highest BCUT2D eigenvalue weighted by Crippen LogP contribution is 2.13. The summed E-state index contributed by atoms with van der Waals surface area (Å²) < 4.78 is 13.1. The van der Waals surface area contributed by atoms with Crippen LogP contribution in [-0.4, -0.2) is 28.9 Å². The van der Waals surface area contributed by atoms with Gasteiger partial charge in [0, 0.05) is 13.6 Å². The second kappa shape index (κ2) is 7.47. The summed E-state index contributed by atoms with van der Waals surface area (Å²) in [6, 6.07) is 6.06. The van der Waals surface area contributed by atoms with E-state index in [0.717, 1.165) is 6.42 Å². The van der Waals surface area contributed by atoms with E-state index >= 15 is 0 Å². The number of halogens is 1. The Morgan fingerprint density at radius 2 is 2.25 bits per heavy atom. The molecule has 0 aliphatic rings. The van der Waals surface area contributed by atoms with Gasteiger partial charge in [-0.25, -0.2) is 4.39 Å². The fraction of sp³-hybridized carbons (Fsp3) is 0.429. The zero-order valence-electron chi connectivity index (χ0n) is 11.7. The molecule has 1 unspecified atom stereocenters. The molecule has 0 spiro atoms. The number of amidine groups is 1. The number of hydrogen-bond acceptors (Lipinski definition) is 3. The summed E-state index contributed by atoms with van der Waals surface area (Å²) in [7, 11) is 1.61. The fourth-order valence-corrected chi connectivity index (χ4v) is 2.01. The average molecular weight is 281 g/mol. The predicted molar refractivity (Wildman–Crippen MR) is 74.7 cm³/mol. The van der Waals surface area contributed by atoms with Crippen LogP contribution >= 0.6 is 0 Å². The van der Waals surface area contributed by atoms with Gasteiger partial charge in [-0.05, 0) is 24.1 Å². The number of benzene rings is 1. The number of nitrogens with two attached hydrogens (primary N) is 1. The van der Waals surface area contributed by atoms with Crippen molar-refractivity contribution < 1.29 is 14.4 Å². The fourth-order valence-electron chi connectivity index (χ4n) is 2.01. The quantitative estimate of drug-likeness (QED) is 0.362. The van der Waals surface area contributed by atoms with Gasteiger partial charge in [0.25, 0.3) is 0 Å². The minimum Gasteiger partial charge on any atom is -0.409 e. The molecule has 1 aromatic rings. The summed E-state index contributed by atoms with van der Waals surface area (Å²) in [5, 5.41) is 11.7. The molecule has 1 amide bonds. The van der Waals surface area contributed by atoms with Gasteiger partial charge in [0.05, 0.1) is 5.92 Å². The molecule has 0 bridgehead atoms. The van der Waals surface area contributed by atoms with Crippen LogP contribution < -0.4 is 5.73 Å².